The SMILES string of the molecule is CC(C)C1CCCN1c1ccc([C@H](C)N)cc1F. The Hall–Kier alpha value is -1.09. The highest BCUT2D eigenvalue weighted by molar-refractivity contribution is 5.51. The second-order valence-electron chi connectivity index (χ2n) is 5.65. The summed E-state index contributed by atoms with van der Waals surface area (Å²) < 4.78 is 14.2. The Labute approximate surface area is 109 Å². The Morgan fingerprint density at radius 2 is 2.06 bits per heavy atom. The van der Waals surface area contributed by atoms with Crippen molar-refractivity contribution in [3.05, 3.63) is 29.6 Å². The molecule has 18 heavy (non-hydrogen) atoms. The molecule has 1 heterocycles. The molecule has 1 aliphatic heterocycles. The number of anilines is 1. The van der Waals surface area contributed by atoms with Gasteiger partial charge in [-0.15, -0.1) is 0 Å². The Morgan fingerprint density at radius 1 is 1.33 bits per heavy atom. The number of halogens is 1. The lowest BCUT2D eigenvalue weighted by atomic mass is 10.0. The van der Waals surface area contributed by atoms with Crippen LogP contribution in [0.1, 0.15) is 45.2 Å². The van der Waals surface area contributed by atoms with Crippen LogP contribution in [0.25, 0.3) is 0 Å². The summed E-state index contributed by atoms with van der Waals surface area (Å²) in [5, 5.41) is 0. The molecule has 1 aliphatic rings. The van der Waals surface area contributed by atoms with Gasteiger partial charge in [-0.1, -0.05) is 19.9 Å². The van der Waals surface area contributed by atoms with Crippen LogP contribution in [0.4, 0.5) is 10.1 Å². The summed E-state index contributed by atoms with van der Waals surface area (Å²) in [7, 11) is 0. The molecule has 2 N–H and O–H groups in total. The van der Waals surface area contributed by atoms with E-state index in [0.717, 1.165) is 30.6 Å². The van der Waals surface area contributed by atoms with Crippen molar-refractivity contribution in [3.8, 4) is 0 Å². The maximum atomic E-state index is 14.2. The van der Waals surface area contributed by atoms with Crippen LogP contribution in [0, 0.1) is 11.7 Å². The van der Waals surface area contributed by atoms with Crippen molar-refractivity contribution in [2.75, 3.05) is 11.4 Å². The van der Waals surface area contributed by atoms with Crippen LogP contribution in [-0.2, 0) is 0 Å². The van der Waals surface area contributed by atoms with Gasteiger partial charge in [0.25, 0.3) is 0 Å². The number of rotatable bonds is 3. The van der Waals surface area contributed by atoms with Gasteiger partial charge in [-0.2, -0.15) is 0 Å². The second-order valence-corrected chi connectivity index (χ2v) is 5.65. The second kappa shape index (κ2) is 5.27. The van der Waals surface area contributed by atoms with E-state index in [1.54, 1.807) is 6.07 Å². The molecule has 1 aromatic rings. The van der Waals surface area contributed by atoms with Crippen LogP contribution < -0.4 is 10.6 Å². The molecule has 1 aromatic carbocycles. The molecule has 1 unspecified atom stereocenters. The first-order valence-electron chi connectivity index (χ1n) is 6.82. The third kappa shape index (κ3) is 2.51. The Morgan fingerprint density at radius 3 is 2.61 bits per heavy atom. The van der Waals surface area contributed by atoms with Gasteiger partial charge in [-0.25, -0.2) is 4.39 Å². The first-order valence-corrected chi connectivity index (χ1v) is 6.82. The van der Waals surface area contributed by atoms with Gasteiger partial charge in [0.1, 0.15) is 5.82 Å². The molecule has 0 radical (unpaired) electrons. The van der Waals surface area contributed by atoms with Gasteiger partial charge in [0, 0.05) is 18.6 Å². The van der Waals surface area contributed by atoms with Gasteiger partial charge < -0.3 is 10.6 Å². The summed E-state index contributed by atoms with van der Waals surface area (Å²) in [5.41, 5.74) is 7.37. The van der Waals surface area contributed by atoms with E-state index in [9.17, 15) is 4.39 Å². The zero-order valence-corrected chi connectivity index (χ0v) is 11.5. The number of nitrogens with two attached hydrogens (primary N) is 1. The fourth-order valence-corrected chi connectivity index (χ4v) is 2.82. The minimum atomic E-state index is -0.141. The average Bonchev–Trinajstić information content (AvgIpc) is 2.77. The Balaban J connectivity index is 2.28. The van der Waals surface area contributed by atoms with Crippen molar-refractivity contribution in [1.29, 1.82) is 0 Å². The van der Waals surface area contributed by atoms with Crippen LogP contribution in [-0.4, -0.2) is 12.6 Å². The van der Waals surface area contributed by atoms with E-state index >= 15 is 0 Å². The lowest BCUT2D eigenvalue weighted by Crippen LogP contribution is -2.34. The third-order valence-electron chi connectivity index (χ3n) is 3.88. The normalized spacial score (nSPS) is 21.7. The van der Waals surface area contributed by atoms with Crippen molar-refractivity contribution in [2.24, 2.45) is 11.7 Å². The molecule has 1 saturated heterocycles. The lowest BCUT2D eigenvalue weighted by molar-refractivity contribution is 0.485. The Kier molecular flexibility index (Phi) is 3.91. The number of benzene rings is 1. The molecule has 0 amide bonds. The number of hydrogen-bond acceptors (Lipinski definition) is 2. The van der Waals surface area contributed by atoms with Gasteiger partial charge in [0.15, 0.2) is 0 Å². The summed E-state index contributed by atoms with van der Waals surface area (Å²) in [6, 6.07) is 5.75. The highest BCUT2D eigenvalue weighted by Gasteiger charge is 2.28. The Bertz CT molecular complexity index is 415. The average molecular weight is 250 g/mol. The molecular formula is C15H23FN2. The smallest absolute Gasteiger partial charge is 0.146 e. The fourth-order valence-electron chi connectivity index (χ4n) is 2.82. The highest BCUT2D eigenvalue weighted by atomic mass is 19.1. The monoisotopic (exact) mass is 250 g/mol. The van der Waals surface area contributed by atoms with Crippen LogP contribution in [0.5, 0.6) is 0 Å². The molecule has 2 nitrogen and oxygen atoms in total. The van der Waals surface area contributed by atoms with E-state index in [0.29, 0.717) is 12.0 Å². The van der Waals surface area contributed by atoms with Crippen LogP contribution in [0.3, 0.4) is 0 Å². The van der Waals surface area contributed by atoms with E-state index < -0.39 is 0 Å². The maximum Gasteiger partial charge on any atom is 0.146 e. The van der Waals surface area contributed by atoms with Crippen molar-refractivity contribution in [3.63, 3.8) is 0 Å². The first-order chi connectivity index (χ1) is 8.50. The highest BCUT2D eigenvalue weighted by Crippen LogP contribution is 2.32. The molecule has 2 rings (SSSR count). The molecule has 0 spiro atoms. The van der Waals surface area contributed by atoms with E-state index in [1.807, 2.05) is 19.1 Å². The van der Waals surface area contributed by atoms with E-state index in [-0.39, 0.29) is 11.9 Å². The van der Waals surface area contributed by atoms with Gasteiger partial charge in [-0.3, -0.25) is 0 Å². The minimum Gasteiger partial charge on any atom is -0.366 e. The first kappa shape index (κ1) is 13.3. The van der Waals surface area contributed by atoms with E-state index in [2.05, 4.69) is 18.7 Å². The van der Waals surface area contributed by atoms with E-state index in [1.165, 1.54) is 0 Å². The van der Waals surface area contributed by atoms with Crippen LogP contribution >= 0.6 is 0 Å². The van der Waals surface area contributed by atoms with Crippen molar-refractivity contribution < 1.29 is 4.39 Å². The zero-order chi connectivity index (χ0) is 13.3. The lowest BCUT2D eigenvalue weighted by Gasteiger charge is -2.30. The molecule has 0 aliphatic carbocycles. The molecule has 0 bridgehead atoms. The predicted molar refractivity (Wildman–Crippen MR) is 74.2 cm³/mol. The van der Waals surface area contributed by atoms with Crippen molar-refractivity contribution in [2.45, 2.75) is 45.7 Å². The van der Waals surface area contributed by atoms with Gasteiger partial charge in [0.2, 0.25) is 0 Å². The predicted octanol–water partition coefficient (Wildman–Crippen LogP) is 3.47. The third-order valence-corrected chi connectivity index (χ3v) is 3.88. The summed E-state index contributed by atoms with van der Waals surface area (Å²) in [6.45, 7) is 7.24. The number of hydrogen-bond donors (Lipinski definition) is 1. The largest absolute Gasteiger partial charge is 0.366 e. The summed E-state index contributed by atoms with van der Waals surface area (Å²) in [5.74, 6) is 0.414. The zero-order valence-electron chi connectivity index (χ0n) is 11.5. The molecular weight excluding hydrogens is 227 g/mol. The van der Waals surface area contributed by atoms with Gasteiger partial charge in [-0.05, 0) is 43.4 Å². The topological polar surface area (TPSA) is 29.3 Å². The standard InChI is InChI=1S/C15H23FN2/c1-10(2)14-5-4-8-18(14)15-7-6-12(11(3)17)9-13(15)16/h6-7,9-11,14H,4-5,8,17H2,1-3H3/t11-,14?/m0/s1. The summed E-state index contributed by atoms with van der Waals surface area (Å²) in [4.78, 5) is 2.21. The molecule has 100 valence electrons. The van der Waals surface area contributed by atoms with Crippen molar-refractivity contribution >= 4 is 5.69 Å². The van der Waals surface area contributed by atoms with Gasteiger partial charge in [0.05, 0.1) is 5.69 Å². The van der Waals surface area contributed by atoms with Crippen LogP contribution in [0.15, 0.2) is 18.2 Å². The molecule has 2 atom stereocenters. The number of nitrogens with zero attached hydrogens (tertiary/aromatic N) is 1. The van der Waals surface area contributed by atoms with Crippen molar-refractivity contribution in [1.82, 2.24) is 0 Å². The summed E-state index contributed by atoms with van der Waals surface area (Å²) in [6.07, 6.45) is 2.31. The van der Waals surface area contributed by atoms with E-state index in [4.69, 9.17) is 5.73 Å². The molecule has 3 heteroatoms. The van der Waals surface area contributed by atoms with Gasteiger partial charge >= 0.3 is 0 Å². The fraction of sp³-hybridized carbons (Fsp3) is 0.600. The summed E-state index contributed by atoms with van der Waals surface area (Å²) >= 11 is 0. The maximum absolute atomic E-state index is 14.2. The van der Waals surface area contributed by atoms with Crippen LogP contribution in [0.2, 0.25) is 0 Å². The quantitative estimate of drug-likeness (QED) is 0.890. The molecule has 1 fully saturated rings. The molecule has 0 saturated carbocycles. The minimum absolute atomic E-state index is 0.118. The molecule has 0 aromatic heterocycles.